The molecule has 28 heavy (non-hydrogen) atoms. The van der Waals surface area contributed by atoms with Crippen LogP contribution in [-0.2, 0) is 9.53 Å². The van der Waals surface area contributed by atoms with Crippen molar-refractivity contribution in [3.05, 3.63) is 0 Å². The highest BCUT2D eigenvalue weighted by Crippen LogP contribution is 2.65. The Hall–Kier alpha value is -0.570. The summed E-state index contributed by atoms with van der Waals surface area (Å²) in [6, 6.07) is 0.478. The quantitative estimate of drug-likeness (QED) is 0.536. The van der Waals surface area contributed by atoms with Crippen LogP contribution in [-0.4, -0.2) is 36.6 Å². The number of unbranched alkanes of at least 4 members (excludes halogenated alkanes) is 3. The number of ether oxygens (including phenoxy) is 1. The summed E-state index contributed by atoms with van der Waals surface area (Å²) in [4.78, 5) is 14.4. The van der Waals surface area contributed by atoms with Crippen LogP contribution in [0.3, 0.4) is 0 Å². The SMILES string of the molecule is CCCCCCOC1CC[C@H]2[C@@H]3CCC4N(C)C(=O)CC[C@]4(C)[C@@H]3CC[C@]12C. The van der Waals surface area contributed by atoms with Gasteiger partial charge in [-0.25, -0.2) is 0 Å². The van der Waals surface area contributed by atoms with E-state index in [2.05, 4.69) is 32.7 Å². The zero-order valence-corrected chi connectivity index (χ0v) is 18.8. The maximum atomic E-state index is 12.3. The van der Waals surface area contributed by atoms with Crippen LogP contribution in [0.2, 0.25) is 0 Å². The van der Waals surface area contributed by atoms with Gasteiger partial charge in [-0.2, -0.15) is 0 Å². The number of fused-ring (bicyclic) bond motifs is 5. The van der Waals surface area contributed by atoms with Gasteiger partial charge >= 0.3 is 0 Å². The molecule has 4 rings (SSSR count). The molecule has 0 bridgehead atoms. The van der Waals surface area contributed by atoms with E-state index in [0.717, 1.165) is 37.2 Å². The Balaban J connectivity index is 1.44. The third kappa shape index (κ3) is 3.24. The Morgan fingerprint density at radius 3 is 2.54 bits per heavy atom. The number of rotatable bonds is 6. The molecule has 1 amide bonds. The topological polar surface area (TPSA) is 29.5 Å². The predicted molar refractivity (Wildman–Crippen MR) is 114 cm³/mol. The summed E-state index contributed by atoms with van der Waals surface area (Å²) in [6.07, 6.45) is 15.4. The number of piperidine rings is 1. The van der Waals surface area contributed by atoms with Gasteiger partial charge in [-0.05, 0) is 80.0 Å². The van der Waals surface area contributed by atoms with Crippen molar-refractivity contribution in [2.45, 2.75) is 110 Å². The standard InChI is InChI=1S/C25H43NO2/c1-5-6-7-8-17-28-22-12-10-19-18-9-11-21-24(2,16-14-23(27)26(21)4)20(18)13-15-25(19,22)3/h18-22H,5-17H2,1-4H3/t18-,19-,20+,21?,22?,24+,25-/m0/s1. The summed E-state index contributed by atoms with van der Waals surface area (Å²) < 4.78 is 6.51. The molecule has 0 spiro atoms. The Morgan fingerprint density at radius 2 is 1.75 bits per heavy atom. The van der Waals surface area contributed by atoms with Crippen LogP contribution in [0, 0.1) is 28.6 Å². The first kappa shape index (κ1) is 20.7. The monoisotopic (exact) mass is 389 g/mol. The van der Waals surface area contributed by atoms with E-state index < -0.39 is 0 Å². The molecular weight excluding hydrogens is 346 g/mol. The zero-order chi connectivity index (χ0) is 19.9. The van der Waals surface area contributed by atoms with Crippen molar-refractivity contribution in [3.8, 4) is 0 Å². The first-order valence-corrected chi connectivity index (χ1v) is 12.3. The molecule has 0 radical (unpaired) electrons. The summed E-state index contributed by atoms with van der Waals surface area (Å²) in [5.41, 5.74) is 0.734. The normalized spacial score (nSPS) is 45.5. The molecule has 1 heterocycles. The van der Waals surface area contributed by atoms with Crippen LogP contribution in [0.5, 0.6) is 0 Å². The maximum Gasteiger partial charge on any atom is 0.222 e. The van der Waals surface area contributed by atoms with Crippen LogP contribution in [0.1, 0.15) is 97.8 Å². The highest BCUT2D eigenvalue weighted by Gasteiger charge is 2.61. The van der Waals surface area contributed by atoms with Crippen molar-refractivity contribution in [1.29, 1.82) is 0 Å². The van der Waals surface area contributed by atoms with Crippen molar-refractivity contribution in [3.63, 3.8) is 0 Å². The van der Waals surface area contributed by atoms with Crippen LogP contribution >= 0.6 is 0 Å². The number of hydrogen-bond acceptors (Lipinski definition) is 2. The Morgan fingerprint density at radius 1 is 0.964 bits per heavy atom. The van der Waals surface area contributed by atoms with Crippen molar-refractivity contribution in [2.75, 3.05) is 13.7 Å². The van der Waals surface area contributed by atoms with Gasteiger partial charge in [0.05, 0.1) is 6.10 Å². The molecular formula is C25H43NO2. The molecule has 2 unspecified atom stereocenters. The molecule has 7 atom stereocenters. The number of amides is 1. The van der Waals surface area contributed by atoms with Crippen LogP contribution < -0.4 is 0 Å². The summed E-state index contributed by atoms with van der Waals surface area (Å²) >= 11 is 0. The minimum Gasteiger partial charge on any atom is -0.378 e. The fourth-order valence-corrected chi connectivity index (χ4v) is 8.13. The molecule has 0 aromatic carbocycles. The van der Waals surface area contributed by atoms with Gasteiger partial charge in [-0.3, -0.25) is 4.79 Å². The second kappa shape index (κ2) is 7.93. The predicted octanol–water partition coefficient (Wildman–Crippen LogP) is 5.82. The number of likely N-dealkylation sites (tertiary alicyclic amines) is 1. The molecule has 1 saturated heterocycles. The summed E-state index contributed by atoms with van der Waals surface area (Å²) in [5, 5.41) is 0. The first-order valence-electron chi connectivity index (χ1n) is 12.3. The van der Waals surface area contributed by atoms with E-state index in [1.165, 1.54) is 64.2 Å². The average Bonchev–Trinajstić information content (AvgIpc) is 3.01. The van der Waals surface area contributed by atoms with Crippen molar-refractivity contribution >= 4 is 5.91 Å². The van der Waals surface area contributed by atoms with Crippen molar-refractivity contribution < 1.29 is 9.53 Å². The van der Waals surface area contributed by atoms with Gasteiger partial charge in [0.1, 0.15) is 0 Å². The van der Waals surface area contributed by atoms with E-state index in [1.54, 1.807) is 0 Å². The van der Waals surface area contributed by atoms with Crippen LogP contribution in [0.25, 0.3) is 0 Å². The number of carbonyl (C=O) groups excluding carboxylic acids is 1. The van der Waals surface area contributed by atoms with E-state index in [9.17, 15) is 4.79 Å². The zero-order valence-electron chi connectivity index (χ0n) is 18.8. The molecule has 160 valence electrons. The first-order chi connectivity index (χ1) is 13.4. The molecule has 0 N–H and O–H groups in total. The molecule has 4 aliphatic rings. The van der Waals surface area contributed by atoms with E-state index in [0.29, 0.717) is 28.9 Å². The highest BCUT2D eigenvalue weighted by atomic mass is 16.5. The third-order valence-electron chi connectivity index (χ3n) is 9.79. The van der Waals surface area contributed by atoms with Gasteiger partial charge < -0.3 is 9.64 Å². The second-order valence-electron chi connectivity index (χ2n) is 11.0. The molecule has 0 aromatic rings. The largest absolute Gasteiger partial charge is 0.378 e. The Kier molecular flexibility index (Phi) is 5.86. The van der Waals surface area contributed by atoms with Crippen LogP contribution in [0.15, 0.2) is 0 Å². The molecule has 1 aliphatic heterocycles. The van der Waals surface area contributed by atoms with Gasteiger partial charge in [0.25, 0.3) is 0 Å². The highest BCUT2D eigenvalue weighted by molar-refractivity contribution is 5.77. The van der Waals surface area contributed by atoms with Crippen molar-refractivity contribution in [2.24, 2.45) is 28.6 Å². The Bertz CT molecular complexity index is 577. The minimum absolute atomic E-state index is 0.339. The number of nitrogens with zero attached hydrogens (tertiary/aromatic N) is 1. The summed E-state index contributed by atoms with van der Waals surface area (Å²) in [7, 11) is 2.07. The lowest BCUT2D eigenvalue weighted by Gasteiger charge is -2.61. The number of carbonyl (C=O) groups is 1. The summed E-state index contributed by atoms with van der Waals surface area (Å²) in [5.74, 6) is 2.88. The van der Waals surface area contributed by atoms with Crippen molar-refractivity contribution in [1.82, 2.24) is 4.90 Å². The van der Waals surface area contributed by atoms with E-state index in [1.807, 2.05) is 0 Å². The fraction of sp³-hybridized carbons (Fsp3) is 0.960. The molecule has 3 saturated carbocycles. The lowest BCUT2D eigenvalue weighted by molar-refractivity contribution is -0.161. The molecule has 3 heteroatoms. The fourth-order valence-electron chi connectivity index (χ4n) is 8.13. The minimum atomic E-state index is 0.339. The Labute approximate surface area is 173 Å². The van der Waals surface area contributed by atoms with Gasteiger partial charge in [-0.1, -0.05) is 40.0 Å². The number of hydrogen-bond donors (Lipinski definition) is 0. The molecule has 3 nitrogen and oxygen atoms in total. The van der Waals surface area contributed by atoms with Crippen LogP contribution in [0.4, 0.5) is 0 Å². The molecule has 3 aliphatic carbocycles. The van der Waals surface area contributed by atoms with E-state index in [4.69, 9.17) is 4.74 Å². The maximum absolute atomic E-state index is 12.3. The van der Waals surface area contributed by atoms with Gasteiger partial charge in [0.2, 0.25) is 5.91 Å². The smallest absolute Gasteiger partial charge is 0.222 e. The lowest BCUT2D eigenvalue weighted by atomic mass is 9.47. The van der Waals surface area contributed by atoms with Gasteiger partial charge in [-0.15, -0.1) is 0 Å². The van der Waals surface area contributed by atoms with Gasteiger partial charge in [0.15, 0.2) is 0 Å². The average molecular weight is 390 g/mol. The second-order valence-corrected chi connectivity index (χ2v) is 11.0. The summed E-state index contributed by atoms with van der Waals surface area (Å²) in [6.45, 7) is 8.32. The molecule has 0 aromatic heterocycles. The van der Waals surface area contributed by atoms with E-state index in [-0.39, 0.29) is 0 Å². The van der Waals surface area contributed by atoms with Gasteiger partial charge in [0, 0.05) is 26.1 Å². The van der Waals surface area contributed by atoms with E-state index >= 15 is 0 Å². The molecule has 4 fully saturated rings. The lowest BCUT2D eigenvalue weighted by Crippen LogP contribution is -2.61. The third-order valence-corrected chi connectivity index (χ3v) is 9.79.